The standard InChI is InChI=1S/C21H21ClN2O/c1-6-21(4)14(22)10-12-16(18(21)23-5)17-15-11(20(12,2)3)8-7-9-13(15)24-19(17)25/h6-9,12,14,18H,1,10H2,2-4H3,(H,24,25). The van der Waals surface area contributed by atoms with Crippen molar-refractivity contribution < 1.29 is 4.79 Å². The molecule has 1 aliphatic heterocycles. The summed E-state index contributed by atoms with van der Waals surface area (Å²) in [6.45, 7) is 18.2. The van der Waals surface area contributed by atoms with Gasteiger partial charge in [-0.05, 0) is 36.3 Å². The monoisotopic (exact) mass is 352 g/mol. The van der Waals surface area contributed by atoms with E-state index in [1.807, 2.05) is 19.1 Å². The van der Waals surface area contributed by atoms with Crippen LogP contribution in [0.15, 0.2) is 36.4 Å². The van der Waals surface area contributed by atoms with Gasteiger partial charge in [0.25, 0.3) is 11.9 Å². The summed E-state index contributed by atoms with van der Waals surface area (Å²) in [5, 5.41) is 2.80. The summed E-state index contributed by atoms with van der Waals surface area (Å²) in [5.41, 5.74) is 3.93. The van der Waals surface area contributed by atoms with Crippen molar-refractivity contribution in [2.75, 3.05) is 5.32 Å². The minimum atomic E-state index is -0.548. The van der Waals surface area contributed by atoms with E-state index in [4.69, 9.17) is 18.2 Å². The highest BCUT2D eigenvalue weighted by atomic mass is 35.5. The number of fused-ring (bicyclic) bond motifs is 1. The maximum atomic E-state index is 12.8. The van der Waals surface area contributed by atoms with E-state index in [0.29, 0.717) is 5.57 Å². The second kappa shape index (κ2) is 4.99. The number of alkyl halides is 1. The van der Waals surface area contributed by atoms with Gasteiger partial charge in [0.2, 0.25) is 0 Å². The number of hydrogen-bond acceptors (Lipinski definition) is 1. The highest BCUT2D eigenvalue weighted by molar-refractivity contribution is 6.33. The van der Waals surface area contributed by atoms with Crippen molar-refractivity contribution in [3.05, 3.63) is 59.0 Å². The largest absolute Gasteiger partial charge is 0.321 e. The molecule has 3 aliphatic rings. The second-order valence-electron chi connectivity index (χ2n) is 8.09. The van der Waals surface area contributed by atoms with Crippen LogP contribution < -0.4 is 5.32 Å². The summed E-state index contributed by atoms with van der Waals surface area (Å²) >= 11 is 6.77. The zero-order valence-corrected chi connectivity index (χ0v) is 15.4. The highest BCUT2D eigenvalue weighted by Crippen LogP contribution is 2.60. The van der Waals surface area contributed by atoms with Crippen molar-refractivity contribution in [2.45, 2.75) is 44.0 Å². The number of rotatable bonds is 1. The first kappa shape index (κ1) is 16.4. The van der Waals surface area contributed by atoms with Gasteiger partial charge in [0, 0.05) is 16.8 Å². The van der Waals surface area contributed by atoms with Crippen molar-refractivity contribution in [1.29, 1.82) is 0 Å². The molecule has 0 bridgehead atoms. The maximum absolute atomic E-state index is 12.8. The smallest absolute Gasteiger partial charge is 0.256 e. The van der Waals surface area contributed by atoms with E-state index in [2.05, 4.69) is 36.7 Å². The molecule has 4 unspecified atom stereocenters. The minimum Gasteiger partial charge on any atom is -0.321 e. The zero-order valence-electron chi connectivity index (χ0n) is 14.7. The van der Waals surface area contributed by atoms with Crippen molar-refractivity contribution in [1.82, 2.24) is 0 Å². The summed E-state index contributed by atoms with van der Waals surface area (Å²) < 4.78 is 0. The molecule has 1 N–H and O–H groups in total. The number of halogens is 1. The third-order valence-corrected chi connectivity index (χ3v) is 7.24. The molecule has 4 rings (SSSR count). The molecule has 3 nitrogen and oxygen atoms in total. The lowest BCUT2D eigenvalue weighted by molar-refractivity contribution is -0.110. The van der Waals surface area contributed by atoms with Gasteiger partial charge in [-0.25, -0.2) is 6.57 Å². The molecule has 25 heavy (non-hydrogen) atoms. The molecule has 0 spiro atoms. The number of nitrogens with zero attached hydrogens (tertiary/aromatic N) is 1. The van der Waals surface area contributed by atoms with Crippen LogP contribution in [-0.2, 0) is 10.2 Å². The van der Waals surface area contributed by atoms with Crippen molar-refractivity contribution in [3.8, 4) is 0 Å². The van der Waals surface area contributed by atoms with Gasteiger partial charge in [-0.2, -0.15) is 0 Å². The first-order valence-corrected chi connectivity index (χ1v) is 9.04. The molecule has 0 aromatic heterocycles. The lowest BCUT2D eigenvalue weighted by Gasteiger charge is -2.50. The van der Waals surface area contributed by atoms with Gasteiger partial charge in [0.15, 0.2) is 0 Å². The SMILES string of the molecule is [C-]#[N+]C1C2=C3C(=O)Nc4cccc(c43)C(C)(C)C2CC(Cl)C1(C)C=C. The van der Waals surface area contributed by atoms with E-state index >= 15 is 0 Å². The van der Waals surface area contributed by atoms with E-state index in [0.717, 1.165) is 23.2 Å². The number of nitrogens with one attached hydrogen (secondary N) is 1. The topological polar surface area (TPSA) is 33.5 Å². The number of amides is 1. The molecule has 2 aliphatic carbocycles. The Hall–Kier alpha value is -2.05. The van der Waals surface area contributed by atoms with Gasteiger partial charge in [-0.1, -0.05) is 32.1 Å². The third-order valence-electron chi connectivity index (χ3n) is 6.59. The molecule has 1 saturated carbocycles. The van der Waals surface area contributed by atoms with Gasteiger partial charge in [0.1, 0.15) is 0 Å². The zero-order chi connectivity index (χ0) is 18.1. The fourth-order valence-corrected chi connectivity index (χ4v) is 5.34. The van der Waals surface area contributed by atoms with Gasteiger partial charge in [-0.15, -0.1) is 18.2 Å². The third kappa shape index (κ3) is 1.84. The minimum absolute atomic E-state index is 0.0729. The average Bonchev–Trinajstić information content (AvgIpc) is 2.91. The van der Waals surface area contributed by atoms with Gasteiger partial charge in [-0.3, -0.25) is 4.79 Å². The van der Waals surface area contributed by atoms with Crippen LogP contribution in [0.5, 0.6) is 0 Å². The van der Waals surface area contributed by atoms with Gasteiger partial charge >= 0.3 is 0 Å². The van der Waals surface area contributed by atoms with Crippen LogP contribution in [0.25, 0.3) is 10.4 Å². The summed E-state index contributed by atoms with van der Waals surface area (Å²) in [6.07, 6.45) is 2.54. The number of anilines is 1. The molecule has 0 radical (unpaired) electrons. The Labute approximate surface area is 153 Å². The van der Waals surface area contributed by atoms with E-state index in [1.165, 1.54) is 5.56 Å². The Morgan fingerprint density at radius 3 is 2.76 bits per heavy atom. The lowest BCUT2D eigenvalue weighted by atomic mass is 9.53. The molecule has 0 saturated heterocycles. The van der Waals surface area contributed by atoms with Crippen LogP contribution in [0.3, 0.4) is 0 Å². The predicted molar refractivity (Wildman–Crippen MR) is 101 cm³/mol. The number of carbonyl (C=O) groups is 1. The van der Waals surface area contributed by atoms with Crippen LogP contribution in [0, 0.1) is 17.9 Å². The van der Waals surface area contributed by atoms with Crippen LogP contribution in [0.1, 0.15) is 38.3 Å². The Kier molecular flexibility index (Phi) is 3.28. The molecule has 128 valence electrons. The molecule has 4 heteroatoms. The molecule has 4 atom stereocenters. The normalized spacial score (nSPS) is 34.7. The molecule has 1 aromatic rings. The average molecular weight is 353 g/mol. The Morgan fingerprint density at radius 2 is 2.12 bits per heavy atom. The van der Waals surface area contributed by atoms with Crippen LogP contribution >= 0.6 is 11.6 Å². The molecule has 1 heterocycles. The first-order valence-electron chi connectivity index (χ1n) is 8.60. The number of hydrogen-bond donors (Lipinski definition) is 1. The fourth-order valence-electron chi connectivity index (χ4n) is 4.95. The van der Waals surface area contributed by atoms with E-state index < -0.39 is 11.5 Å². The first-order chi connectivity index (χ1) is 11.8. The Bertz CT molecular complexity index is 892. The summed E-state index contributed by atoms with van der Waals surface area (Å²) in [4.78, 5) is 16.8. The van der Waals surface area contributed by atoms with Crippen LogP contribution in [-0.4, -0.2) is 17.3 Å². The second-order valence-corrected chi connectivity index (χ2v) is 8.62. The van der Waals surface area contributed by atoms with Crippen molar-refractivity contribution in [2.24, 2.45) is 11.3 Å². The van der Waals surface area contributed by atoms with E-state index in [-0.39, 0.29) is 22.6 Å². The fraction of sp³-hybridized carbons (Fsp3) is 0.429. The van der Waals surface area contributed by atoms with Crippen molar-refractivity contribution >= 4 is 28.8 Å². The molecule has 1 fully saturated rings. The van der Waals surface area contributed by atoms with Gasteiger partial charge in [0.05, 0.1) is 16.4 Å². The lowest BCUT2D eigenvalue weighted by Crippen LogP contribution is -2.51. The van der Waals surface area contributed by atoms with E-state index in [1.54, 1.807) is 6.08 Å². The van der Waals surface area contributed by atoms with Crippen molar-refractivity contribution in [3.63, 3.8) is 0 Å². The van der Waals surface area contributed by atoms with Crippen LogP contribution in [0.2, 0.25) is 0 Å². The number of carbonyl (C=O) groups excluding carboxylic acids is 1. The summed E-state index contributed by atoms with van der Waals surface area (Å²) in [6, 6.07) is 5.57. The Morgan fingerprint density at radius 1 is 1.40 bits per heavy atom. The van der Waals surface area contributed by atoms with Crippen LogP contribution in [0.4, 0.5) is 5.69 Å². The Balaban J connectivity index is 2.10. The highest BCUT2D eigenvalue weighted by Gasteiger charge is 2.59. The summed E-state index contributed by atoms with van der Waals surface area (Å²) in [7, 11) is 0. The molecule has 1 amide bonds. The van der Waals surface area contributed by atoms with E-state index in [9.17, 15) is 4.79 Å². The molecular weight excluding hydrogens is 332 g/mol. The predicted octanol–water partition coefficient (Wildman–Crippen LogP) is 4.79. The quantitative estimate of drug-likeness (QED) is 0.440. The number of benzene rings is 1. The summed E-state index contributed by atoms with van der Waals surface area (Å²) in [5.74, 6) is -0.0187. The maximum Gasteiger partial charge on any atom is 0.256 e. The molecular formula is C21H21ClN2O. The van der Waals surface area contributed by atoms with Gasteiger partial charge < -0.3 is 10.2 Å². The molecule has 1 aromatic carbocycles.